The van der Waals surface area contributed by atoms with Gasteiger partial charge in [0.25, 0.3) is 0 Å². The highest BCUT2D eigenvalue weighted by Gasteiger charge is 2.26. The van der Waals surface area contributed by atoms with Gasteiger partial charge in [0.2, 0.25) is 5.91 Å². The molecule has 0 bridgehead atoms. The van der Waals surface area contributed by atoms with Crippen molar-refractivity contribution < 1.29 is 4.79 Å². The molecule has 0 saturated heterocycles. The Kier molecular flexibility index (Phi) is 6.02. The highest BCUT2D eigenvalue weighted by molar-refractivity contribution is 6.02. The van der Waals surface area contributed by atoms with Gasteiger partial charge in [-0.05, 0) is 30.0 Å². The molecule has 3 rings (SSSR count). The zero-order valence-electron chi connectivity index (χ0n) is 16.1. The summed E-state index contributed by atoms with van der Waals surface area (Å²) in [5, 5.41) is 4.14. The standard InChI is InChI=1S/C24H26N2O/c1-4-19(16-18-10-6-5-7-11-18)22(17(2)3)24(27)26-21-14-8-12-20-13-9-15-25-23(20)21/h5-17,22H,4H2,1-3H3,(H,26,27)/b19-16+. The van der Waals surface area contributed by atoms with Crippen molar-refractivity contribution >= 4 is 28.6 Å². The summed E-state index contributed by atoms with van der Waals surface area (Å²) in [6.45, 7) is 6.30. The van der Waals surface area contributed by atoms with Gasteiger partial charge in [-0.3, -0.25) is 9.78 Å². The third-order valence-electron chi connectivity index (χ3n) is 4.80. The molecule has 2 aromatic carbocycles. The number of benzene rings is 2. The first kappa shape index (κ1) is 18.8. The molecule has 3 aromatic rings. The maximum atomic E-state index is 13.2. The lowest BCUT2D eigenvalue weighted by Crippen LogP contribution is -2.28. The maximum Gasteiger partial charge on any atom is 0.231 e. The van der Waals surface area contributed by atoms with Crippen LogP contribution in [-0.4, -0.2) is 10.9 Å². The topological polar surface area (TPSA) is 42.0 Å². The summed E-state index contributed by atoms with van der Waals surface area (Å²) in [5.74, 6) is 0.0317. The number of carbonyl (C=O) groups is 1. The summed E-state index contributed by atoms with van der Waals surface area (Å²) in [5.41, 5.74) is 3.85. The van der Waals surface area contributed by atoms with E-state index in [1.54, 1.807) is 6.20 Å². The van der Waals surface area contributed by atoms with Crippen LogP contribution in [0.2, 0.25) is 0 Å². The zero-order valence-corrected chi connectivity index (χ0v) is 16.1. The minimum atomic E-state index is -0.186. The van der Waals surface area contributed by atoms with E-state index in [0.717, 1.165) is 34.1 Å². The van der Waals surface area contributed by atoms with E-state index in [-0.39, 0.29) is 17.7 Å². The summed E-state index contributed by atoms with van der Waals surface area (Å²) >= 11 is 0. The van der Waals surface area contributed by atoms with Crippen LogP contribution in [0.5, 0.6) is 0 Å². The Labute approximate surface area is 161 Å². The Hall–Kier alpha value is -2.94. The molecule has 0 saturated carbocycles. The molecule has 0 spiro atoms. The number of rotatable bonds is 6. The fourth-order valence-corrected chi connectivity index (χ4v) is 3.49. The number of pyridine rings is 1. The molecule has 1 unspecified atom stereocenters. The maximum absolute atomic E-state index is 13.2. The molecule has 0 aliphatic heterocycles. The van der Waals surface area contributed by atoms with E-state index in [9.17, 15) is 4.79 Å². The Balaban J connectivity index is 1.92. The first-order chi connectivity index (χ1) is 13.1. The molecule has 1 heterocycles. The van der Waals surface area contributed by atoms with Gasteiger partial charge in [0.15, 0.2) is 0 Å². The smallest absolute Gasteiger partial charge is 0.231 e. The zero-order chi connectivity index (χ0) is 19.2. The van der Waals surface area contributed by atoms with Crippen LogP contribution >= 0.6 is 0 Å². The second-order valence-corrected chi connectivity index (χ2v) is 7.08. The lowest BCUT2D eigenvalue weighted by atomic mass is 9.84. The van der Waals surface area contributed by atoms with Crippen molar-refractivity contribution in [3.8, 4) is 0 Å². The second-order valence-electron chi connectivity index (χ2n) is 7.08. The highest BCUT2D eigenvalue weighted by Crippen LogP contribution is 2.28. The van der Waals surface area contributed by atoms with Crippen LogP contribution in [0, 0.1) is 11.8 Å². The van der Waals surface area contributed by atoms with Crippen molar-refractivity contribution in [3.63, 3.8) is 0 Å². The van der Waals surface area contributed by atoms with Gasteiger partial charge >= 0.3 is 0 Å². The van der Waals surface area contributed by atoms with Crippen LogP contribution in [0.15, 0.2) is 72.4 Å². The number of amides is 1. The minimum Gasteiger partial charge on any atom is -0.324 e. The van der Waals surface area contributed by atoms with E-state index in [4.69, 9.17) is 0 Å². The Morgan fingerprint density at radius 1 is 1.04 bits per heavy atom. The lowest BCUT2D eigenvalue weighted by Gasteiger charge is -2.23. The fourth-order valence-electron chi connectivity index (χ4n) is 3.49. The van der Waals surface area contributed by atoms with Crippen molar-refractivity contribution in [1.82, 2.24) is 4.98 Å². The molecular formula is C24H26N2O. The molecule has 1 aromatic heterocycles. The van der Waals surface area contributed by atoms with Crippen molar-refractivity contribution in [2.24, 2.45) is 11.8 Å². The molecule has 138 valence electrons. The van der Waals surface area contributed by atoms with Gasteiger partial charge in [-0.15, -0.1) is 0 Å². The monoisotopic (exact) mass is 358 g/mol. The molecular weight excluding hydrogens is 332 g/mol. The van der Waals surface area contributed by atoms with E-state index in [0.29, 0.717) is 0 Å². The van der Waals surface area contributed by atoms with Gasteiger partial charge in [-0.25, -0.2) is 0 Å². The molecule has 0 aliphatic rings. The molecule has 0 radical (unpaired) electrons. The quantitative estimate of drug-likeness (QED) is 0.592. The first-order valence-electron chi connectivity index (χ1n) is 9.50. The summed E-state index contributed by atoms with van der Waals surface area (Å²) in [7, 11) is 0. The Morgan fingerprint density at radius 3 is 2.48 bits per heavy atom. The number of nitrogens with zero attached hydrogens (tertiary/aromatic N) is 1. The van der Waals surface area contributed by atoms with Crippen LogP contribution in [0.4, 0.5) is 5.69 Å². The Morgan fingerprint density at radius 2 is 1.78 bits per heavy atom. The average molecular weight is 358 g/mol. The van der Waals surface area contributed by atoms with Crippen LogP contribution in [0.25, 0.3) is 17.0 Å². The summed E-state index contributed by atoms with van der Waals surface area (Å²) < 4.78 is 0. The van der Waals surface area contributed by atoms with E-state index >= 15 is 0 Å². The number of anilines is 1. The fraction of sp³-hybridized carbons (Fsp3) is 0.250. The molecule has 1 amide bonds. The summed E-state index contributed by atoms with van der Waals surface area (Å²) in [4.78, 5) is 17.7. The van der Waals surface area contributed by atoms with E-state index in [1.807, 2.05) is 48.5 Å². The van der Waals surface area contributed by atoms with Crippen molar-refractivity contribution in [2.75, 3.05) is 5.32 Å². The van der Waals surface area contributed by atoms with Crippen LogP contribution < -0.4 is 5.32 Å². The predicted molar refractivity (Wildman–Crippen MR) is 113 cm³/mol. The third-order valence-corrected chi connectivity index (χ3v) is 4.80. The van der Waals surface area contributed by atoms with Crippen molar-refractivity contribution in [1.29, 1.82) is 0 Å². The van der Waals surface area contributed by atoms with Crippen molar-refractivity contribution in [2.45, 2.75) is 27.2 Å². The molecule has 1 N–H and O–H groups in total. The van der Waals surface area contributed by atoms with Gasteiger partial charge in [0.05, 0.1) is 17.1 Å². The highest BCUT2D eigenvalue weighted by atomic mass is 16.1. The van der Waals surface area contributed by atoms with Gasteiger partial charge in [0, 0.05) is 11.6 Å². The number of carbonyl (C=O) groups excluding carboxylic acids is 1. The number of fused-ring (bicyclic) bond motifs is 1. The second kappa shape index (κ2) is 8.63. The molecule has 0 aliphatic carbocycles. The average Bonchev–Trinajstić information content (AvgIpc) is 2.68. The van der Waals surface area contributed by atoms with E-state index < -0.39 is 0 Å². The third kappa shape index (κ3) is 4.43. The van der Waals surface area contributed by atoms with Crippen LogP contribution in [0.1, 0.15) is 32.8 Å². The first-order valence-corrected chi connectivity index (χ1v) is 9.50. The van der Waals surface area contributed by atoms with Gasteiger partial charge < -0.3 is 5.32 Å². The van der Waals surface area contributed by atoms with Crippen LogP contribution in [-0.2, 0) is 4.79 Å². The summed E-state index contributed by atoms with van der Waals surface area (Å²) in [6, 6.07) is 20.0. The van der Waals surface area contributed by atoms with Gasteiger partial charge in [-0.1, -0.05) is 81.0 Å². The number of hydrogen-bond acceptors (Lipinski definition) is 2. The molecule has 3 nitrogen and oxygen atoms in total. The Bertz CT molecular complexity index is 940. The lowest BCUT2D eigenvalue weighted by molar-refractivity contribution is -0.119. The number of para-hydroxylation sites is 1. The molecule has 1 atom stereocenters. The SMILES string of the molecule is CC/C(=C\c1ccccc1)C(C(=O)Nc1cccc2cccnc12)C(C)C. The van der Waals surface area contributed by atoms with Crippen molar-refractivity contribution in [3.05, 3.63) is 78.0 Å². The van der Waals surface area contributed by atoms with E-state index in [2.05, 4.69) is 49.3 Å². The minimum absolute atomic E-state index is 0.0205. The molecule has 0 fully saturated rings. The van der Waals surface area contributed by atoms with Crippen LogP contribution in [0.3, 0.4) is 0 Å². The summed E-state index contributed by atoms with van der Waals surface area (Å²) in [6.07, 6.45) is 4.73. The van der Waals surface area contributed by atoms with Gasteiger partial charge in [0.1, 0.15) is 0 Å². The molecule has 27 heavy (non-hydrogen) atoms. The largest absolute Gasteiger partial charge is 0.324 e. The number of nitrogens with one attached hydrogen (secondary N) is 1. The number of aromatic nitrogens is 1. The van der Waals surface area contributed by atoms with E-state index in [1.165, 1.54) is 0 Å². The molecule has 3 heteroatoms. The number of hydrogen-bond donors (Lipinski definition) is 1. The normalized spacial score (nSPS) is 13.0. The predicted octanol–water partition coefficient (Wildman–Crippen LogP) is 5.94. The van der Waals surface area contributed by atoms with Gasteiger partial charge in [-0.2, -0.15) is 0 Å².